The van der Waals surface area contributed by atoms with Gasteiger partial charge in [0.1, 0.15) is 9.84 Å². The largest absolute Gasteiger partial charge is 0.416 e. The van der Waals surface area contributed by atoms with Crippen molar-refractivity contribution >= 4 is 9.84 Å². The number of hydrogen-bond donors (Lipinski definition) is 1. The molecule has 1 N–H and O–H groups in total. The molecule has 0 aromatic heterocycles. The Kier molecular flexibility index (Phi) is 5.17. The molecule has 0 spiro atoms. The van der Waals surface area contributed by atoms with Crippen molar-refractivity contribution in [3.05, 3.63) is 35.4 Å². The molecule has 1 fully saturated rings. The highest BCUT2D eigenvalue weighted by molar-refractivity contribution is 7.91. The van der Waals surface area contributed by atoms with Crippen molar-refractivity contribution in [3.8, 4) is 0 Å². The first-order valence-electron chi connectivity index (χ1n) is 7.25. The van der Waals surface area contributed by atoms with Crippen LogP contribution in [0.25, 0.3) is 0 Å². The van der Waals surface area contributed by atoms with E-state index in [1.54, 1.807) is 13.1 Å². The normalized spacial score (nSPS) is 20.7. The summed E-state index contributed by atoms with van der Waals surface area (Å²) in [7, 11) is -1.23. The zero-order valence-corrected chi connectivity index (χ0v) is 13.2. The predicted octanol–water partition coefficient (Wildman–Crippen LogP) is 2.83. The maximum absolute atomic E-state index is 12.9. The molecule has 2 rings (SSSR count). The van der Waals surface area contributed by atoms with Crippen LogP contribution in [-0.4, -0.2) is 33.5 Å². The van der Waals surface area contributed by atoms with Crippen molar-refractivity contribution < 1.29 is 21.6 Å². The van der Waals surface area contributed by atoms with Crippen LogP contribution in [0.1, 0.15) is 29.9 Å². The fourth-order valence-corrected chi connectivity index (χ4v) is 4.56. The van der Waals surface area contributed by atoms with E-state index in [0.717, 1.165) is 6.07 Å². The number of benzene rings is 1. The highest BCUT2D eigenvalue weighted by Gasteiger charge is 2.33. The second-order valence-corrected chi connectivity index (χ2v) is 8.08. The van der Waals surface area contributed by atoms with Crippen LogP contribution in [-0.2, 0) is 16.0 Å². The third-order valence-electron chi connectivity index (χ3n) is 4.23. The summed E-state index contributed by atoms with van der Waals surface area (Å²) < 4.78 is 61.7. The molecular weight excluding hydrogens is 315 g/mol. The van der Waals surface area contributed by atoms with E-state index in [4.69, 9.17) is 0 Å². The van der Waals surface area contributed by atoms with E-state index in [2.05, 4.69) is 5.32 Å². The Morgan fingerprint density at radius 2 is 1.91 bits per heavy atom. The van der Waals surface area contributed by atoms with Gasteiger partial charge in [0.25, 0.3) is 0 Å². The van der Waals surface area contributed by atoms with Crippen LogP contribution in [0.4, 0.5) is 13.2 Å². The molecule has 1 atom stereocenters. The van der Waals surface area contributed by atoms with E-state index in [1.165, 1.54) is 12.1 Å². The van der Waals surface area contributed by atoms with Gasteiger partial charge in [-0.3, -0.25) is 0 Å². The van der Waals surface area contributed by atoms with Crippen LogP contribution in [0, 0.1) is 5.92 Å². The molecule has 0 amide bonds. The van der Waals surface area contributed by atoms with Gasteiger partial charge in [0.05, 0.1) is 17.1 Å². The zero-order chi connectivity index (χ0) is 16.4. The summed E-state index contributed by atoms with van der Waals surface area (Å²) in [5.41, 5.74) is -0.0389. The summed E-state index contributed by atoms with van der Waals surface area (Å²) in [4.78, 5) is 0. The van der Waals surface area contributed by atoms with Gasteiger partial charge in [-0.25, -0.2) is 8.42 Å². The molecule has 3 nitrogen and oxygen atoms in total. The van der Waals surface area contributed by atoms with E-state index in [0.29, 0.717) is 24.9 Å². The molecule has 22 heavy (non-hydrogen) atoms. The van der Waals surface area contributed by atoms with Gasteiger partial charge in [0, 0.05) is 6.54 Å². The summed E-state index contributed by atoms with van der Waals surface area (Å²) in [6, 6.07) is 5.36. The fraction of sp³-hybridized carbons (Fsp3) is 0.600. The zero-order valence-electron chi connectivity index (χ0n) is 12.4. The van der Waals surface area contributed by atoms with Crippen LogP contribution >= 0.6 is 0 Å². The van der Waals surface area contributed by atoms with Gasteiger partial charge in [-0.1, -0.05) is 18.2 Å². The molecular formula is C15H20F3NO2S. The summed E-state index contributed by atoms with van der Waals surface area (Å²) in [6.45, 7) is 0.534. The first kappa shape index (κ1) is 17.3. The number of nitrogens with one attached hydrogen (secondary N) is 1. The Labute approximate surface area is 128 Å². The third kappa shape index (κ3) is 4.23. The molecule has 1 unspecified atom stereocenters. The smallest absolute Gasteiger partial charge is 0.319 e. The van der Waals surface area contributed by atoms with E-state index in [1.807, 2.05) is 0 Å². The fourth-order valence-electron chi connectivity index (χ4n) is 3.03. The third-order valence-corrected chi connectivity index (χ3v) is 5.95. The van der Waals surface area contributed by atoms with Gasteiger partial charge in [0.2, 0.25) is 0 Å². The molecule has 1 aromatic rings. The molecule has 1 aromatic carbocycles. The predicted molar refractivity (Wildman–Crippen MR) is 79.5 cm³/mol. The molecule has 0 saturated carbocycles. The summed E-state index contributed by atoms with van der Waals surface area (Å²) >= 11 is 0. The molecule has 0 bridgehead atoms. The summed E-state index contributed by atoms with van der Waals surface area (Å²) in [5, 5.41) is 3.01. The lowest BCUT2D eigenvalue weighted by Gasteiger charge is -2.31. The average Bonchev–Trinajstić information content (AvgIpc) is 2.44. The van der Waals surface area contributed by atoms with Gasteiger partial charge in [-0.15, -0.1) is 0 Å². The van der Waals surface area contributed by atoms with Crippen molar-refractivity contribution in [1.82, 2.24) is 5.32 Å². The van der Waals surface area contributed by atoms with Gasteiger partial charge < -0.3 is 5.32 Å². The van der Waals surface area contributed by atoms with E-state index in [-0.39, 0.29) is 23.3 Å². The second-order valence-electron chi connectivity index (χ2n) is 5.78. The summed E-state index contributed by atoms with van der Waals surface area (Å²) in [6.07, 6.45) is -3.36. The lowest BCUT2D eigenvalue weighted by atomic mass is 9.82. The highest BCUT2D eigenvalue weighted by atomic mass is 32.2. The van der Waals surface area contributed by atoms with Gasteiger partial charge in [-0.2, -0.15) is 13.2 Å². The van der Waals surface area contributed by atoms with Crippen LogP contribution in [0.15, 0.2) is 24.3 Å². The van der Waals surface area contributed by atoms with Crippen molar-refractivity contribution in [2.75, 3.05) is 25.1 Å². The summed E-state index contributed by atoms with van der Waals surface area (Å²) in [5.74, 6) is 0.218. The molecule has 0 radical (unpaired) electrons. The topological polar surface area (TPSA) is 46.2 Å². The molecule has 7 heteroatoms. The average molecular weight is 335 g/mol. The number of alkyl halides is 3. The highest BCUT2D eigenvalue weighted by Crippen LogP contribution is 2.36. The Morgan fingerprint density at radius 1 is 1.27 bits per heavy atom. The van der Waals surface area contributed by atoms with Crippen molar-refractivity contribution in [3.63, 3.8) is 0 Å². The molecule has 0 aliphatic carbocycles. The quantitative estimate of drug-likeness (QED) is 0.920. The molecule has 1 heterocycles. The minimum absolute atomic E-state index is 0.0828. The van der Waals surface area contributed by atoms with E-state index >= 15 is 0 Å². The molecule has 1 aliphatic rings. The van der Waals surface area contributed by atoms with Gasteiger partial charge in [-0.05, 0) is 43.4 Å². The number of sulfone groups is 1. The van der Waals surface area contributed by atoms with Crippen LogP contribution < -0.4 is 5.32 Å². The van der Waals surface area contributed by atoms with Crippen LogP contribution in [0.2, 0.25) is 0 Å². The van der Waals surface area contributed by atoms with Crippen LogP contribution in [0.3, 0.4) is 0 Å². The maximum Gasteiger partial charge on any atom is 0.416 e. The molecule has 124 valence electrons. The Morgan fingerprint density at radius 3 is 2.45 bits per heavy atom. The monoisotopic (exact) mass is 335 g/mol. The number of rotatable bonds is 4. The Hall–Kier alpha value is -1.08. The van der Waals surface area contributed by atoms with Crippen molar-refractivity contribution in [2.24, 2.45) is 5.92 Å². The molecule has 1 saturated heterocycles. The standard InChI is InChI=1S/C15H20F3NO2S/c1-19-10-14(11-5-7-22(20,21)8-6-11)12-3-2-4-13(9-12)15(16,17)18/h2-4,9,11,14,19H,5-8,10H2,1H3. The molecule has 1 aliphatic heterocycles. The number of hydrogen-bond acceptors (Lipinski definition) is 3. The lowest BCUT2D eigenvalue weighted by molar-refractivity contribution is -0.137. The van der Waals surface area contributed by atoms with Crippen molar-refractivity contribution in [1.29, 1.82) is 0 Å². The van der Waals surface area contributed by atoms with Crippen molar-refractivity contribution in [2.45, 2.75) is 24.9 Å². The number of likely N-dealkylation sites (N-methyl/N-ethyl adjacent to an activating group) is 1. The van der Waals surface area contributed by atoms with E-state index in [9.17, 15) is 21.6 Å². The maximum atomic E-state index is 12.9. The number of halogens is 3. The first-order valence-corrected chi connectivity index (χ1v) is 9.07. The SMILES string of the molecule is CNCC(c1cccc(C(F)(F)F)c1)C1CCS(=O)(=O)CC1. The van der Waals surface area contributed by atoms with Gasteiger partial charge >= 0.3 is 6.18 Å². The van der Waals surface area contributed by atoms with E-state index < -0.39 is 21.6 Å². The minimum atomic E-state index is -4.36. The van der Waals surface area contributed by atoms with Gasteiger partial charge in [0.15, 0.2) is 0 Å². The van der Waals surface area contributed by atoms with Crippen LogP contribution in [0.5, 0.6) is 0 Å². The first-order chi connectivity index (χ1) is 10.2. The Bertz CT molecular complexity index is 599. The Balaban J connectivity index is 2.25. The second kappa shape index (κ2) is 6.58. The lowest BCUT2D eigenvalue weighted by Crippen LogP contribution is -2.31. The minimum Gasteiger partial charge on any atom is -0.319 e.